The van der Waals surface area contributed by atoms with E-state index >= 15 is 0 Å². The smallest absolute Gasteiger partial charge is 0.340 e. The van der Waals surface area contributed by atoms with E-state index < -0.39 is 11.5 Å². The first-order valence-electron chi connectivity index (χ1n) is 8.53. The van der Waals surface area contributed by atoms with Gasteiger partial charge in [0.25, 0.3) is 5.56 Å². The number of anilines is 1. The first-order chi connectivity index (χ1) is 13.0. The van der Waals surface area contributed by atoms with Gasteiger partial charge in [0.05, 0.1) is 16.9 Å². The van der Waals surface area contributed by atoms with E-state index in [1.807, 2.05) is 6.92 Å². The Hall–Kier alpha value is -3.42. The third-order valence-corrected chi connectivity index (χ3v) is 3.77. The Morgan fingerprint density at radius 2 is 2.04 bits per heavy atom. The SMILES string of the molecule is CCCC(=O)Nc1ccccc1C(=O)OCc1cc(=O)n2oc(C)cc2n1. The van der Waals surface area contributed by atoms with Gasteiger partial charge in [-0.05, 0) is 25.5 Å². The Labute approximate surface area is 154 Å². The molecular formula is C19H19N3O5. The molecule has 0 aliphatic rings. The molecule has 8 heteroatoms. The number of esters is 1. The number of para-hydroxylation sites is 1. The molecule has 8 nitrogen and oxygen atoms in total. The lowest BCUT2D eigenvalue weighted by Gasteiger charge is -2.10. The fraction of sp³-hybridized carbons (Fsp3) is 0.263. The number of aryl methyl sites for hydroxylation is 1. The predicted molar refractivity (Wildman–Crippen MR) is 97.6 cm³/mol. The van der Waals surface area contributed by atoms with Crippen LogP contribution >= 0.6 is 0 Å². The molecule has 0 atom stereocenters. The lowest BCUT2D eigenvalue weighted by atomic mass is 10.1. The third kappa shape index (κ3) is 4.22. The molecule has 140 valence electrons. The van der Waals surface area contributed by atoms with Crippen LogP contribution in [-0.2, 0) is 16.1 Å². The number of fused-ring (bicyclic) bond motifs is 1. The van der Waals surface area contributed by atoms with Crippen LogP contribution in [0.25, 0.3) is 5.65 Å². The Morgan fingerprint density at radius 1 is 1.26 bits per heavy atom. The van der Waals surface area contributed by atoms with Crippen molar-refractivity contribution in [1.82, 2.24) is 9.56 Å². The second-order valence-electron chi connectivity index (χ2n) is 6.00. The van der Waals surface area contributed by atoms with Gasteiger partial charge in [0.15, 0.2) is 5.65 Å². The molecule has 0 radical (unpaired) electrons. The van der Waals surface area contributed by atoms with Gasteiger partial charge in [-0.15, -0.1) is 4.57 Å². The molecule has 2 aromatic heterocycles. The molecule has 0 saturated heterocycles. The van der Waals surface area contributed by atoms with Crippen molar-refractivity contribution < 1.29 is 18.8 Å². The zero-order chi connectivity index (χ0) is 19.4. The second-order valence-corrected chi connectivity index (χ2v) is 6.00. The van der Waals surface area contributed by atoms with Crippen molar-refractivity contribution in [3.8, 4) is 0 Å². The van der Waals surface area contributed by atoms with E-state index in [2.05, 4.69) is 10.3 Å². The Kier molecular flexibility index (Phi) is 5.35. The Balaban J connectivity index is 1.75. The van der Waals surface area contributed by atoms with Gasteiger partial charge in [-0.2, -0.15) is 0 Å². The van der Waals surface area contributed by atoms with E-state index in [4.69, 9.17) is 9.26 Å². The maximum atomic E-state index is 12.4. The van der Waals surface area contributed by atoms with Gasteiger partial charge in [-0.3, -0.25) is 9.59 Å². The molecule has 0 aliphatic carbocycles. The first kappa shape index (κ1) is 18.4. The normalized spacial score (nSPS) is 10.7. The van der Waals surface area contributed by atoms with Crippen molar-refractivity contribution in [3.05, 3.63) is 63.8 Å². The van der Waals surface area contributed by atoms with Crippen molar-refractivity contribution >= 4 is 23.2 Å². The largest absolute Gasteiger partial charge is 0.456 e. The van der Waals surface area contributed by atoms with Gasteiger partial charge in [0.2, 0.25) is 5.91 Å². The maximum absolute atomic E-state index is 12.4. The minimum Gasteiger partial charge on any atom is -0.456 e. The molecule has 0 fully saturated rings. The van der Waals surface area contributed by atoms with Crippen molar-refractivity contribution in [2.75, 3.05) is 5.32 Å². The first-order valence-corrected chi connectivity index (χ1v) is 8.53. The monoisotopic (exact) mass is 369 g/mol. The lowest BCUT2D eigenvalue weighted by Crippen LogP contribution is -2.17. The lowest BCUT2D eigenvalue weighted by molar-refractivity contribution is -0.116. The van der Waals surface area contributed by atoms with Crippen LogP contribution in [0.4, 0.5) is 5.69 Å². The van der Waals surface area contributed by atoms with Gasteiger partial charge in [-0.25, -0.2) is 9.78 Å². The molecular weight excluding hydrogens is 350 g/mol. The molecule has 1 N–H and O–H groups in total. The molecule has 0 aliphatic heterocycles. The minimum absolute atomic E-state index is 0.173. The molecule has 0 unspecified atom stereocenters. The number of rotatable bonds is 6. The van der Waals surface area contributed by atoms with E-state index in [0.717, 1.165) is 4.57 Å². The number of aromatic nitrogens is 2. The number of ether oxygens (including phenoxy) is 1. The molecule has 0 bridgehead atoms. The average molecular weight is 369 g/mol. The van der Waals surface area contributed by atoms with E-state index in [9.17, 15) is 14.4 Å². The number of hydrogen-bond acceptors (Lipinski definition) is 6. The van der Waals surface area contributed by atoms with Crippen LogP contribution in [0.2, 0.25) is 0 Å². The quantitative estimate of drug-likeness (QED) is 0.670. The van der Waals surface area contributed by atoms with Crippen LogP contribution in [0.1, 0.15) is 41.6 Å². The van der Waals surface area contributed by atoms with Crippen LogP contribution in [0, 0.1) is 6.92 Å². The van der Waals surface area contributed by atoms with Crippen LogP contribution in [0.3, 0.4) is 0 Å². The Morgan fingerprint density at radius 3 is 2.81 bits per heavy atom. The molecule has 3 aromatic rings. The van der Waals surface area contributed by atoms with Crippen molar-refractivity contribution in [3.63, 3.8) is 0 Å². The number of carbonyl (C=O) groups excluding carboxylic acids is 2. The summed E-state index contributed by atoms with van der Waals surface area (Å²) in [6.07, 6.45) is 1.07. The highest BCUT2D eigenvalue weighted by Gasteiger charge is 2.15. The molecule has 0 saturated carbocycles. The summed E-state index contributed by atoms with van der Waals surface area (Å²) in [6, 6.07) is 9.46. The molecule has 0 spiro atoms. The standard InChI is InChI=1S/C19H19N3O5/c1-3-6-17(23)21-15-8-5-4-7-14(15)19(25)26-11-13-10-18(24)22-16(20-13)9-12(2)27-22/h4-5,7-10H,3,6,11H2,1-2H3,(H,21,23). The molecule has 3 rings (SSSR count). The summed E-state index contributed by atoms with van der Waals surface area (Å²) in [6.45, 7) is 3.43. The highest BCUT2D eigenvalue weighted by atomic mass is 16.5. The van der Waals surface area contributed by atoms with Crippen molar-refractivity contribution in [2.45, 2.75) is 33.3 Å². The summed E-state index contributed by atoms with van der Waals surface area (Å²) in [4.78, 5) is 40.5. The van der Waals surface area contributed by atoms with E-state index in [0.29, 0.717) is 35.6 Å². The number of nitrogens with one attached hydrogen (secondary N) is 1. The number of hydrogen-bond donors (Lipinski definition) is 1. The highest BCUT2D eigenvalue weighted by molar-refractivity contribution is 6.01. The summed E-state index contributed by atoms with van der Waals surface area (Å²) < 4.78 is 11.6. The van der Waals surface area contributed by atoms with E-state index in [1.54, 1.807) is 37.3 Å². The van der Waals surface area contributed by atoms with Crippen LogP contribution in [0.5, 0.6) is 0 Å². The summed E-state index contributed by atoms with van der Waals surface area (Å²) in [5.41, 5.74) is 0.875. The molecule has 1 amide bonds. The van der Waals surface area contributed by atoms with Gasteiger partial charge in [0, 0.05) is 18.6 Å². The van der Waals surface area contributed by atoms with Gasteiger partial charge in [-0.1, -0.05) is 19.1 Å². The number of nitrogens with zero attached hydrogens (tertiary/aromatic N) is 2. The number of carbonyl (C=O) groups is 2. The highest BCUT2D eigenvalue weighted by Crippen LogP contribution is 2.17. The number of benzene rings is 1. The van der Waals surface area contributed by atoms with Gasteiger partial charge >= 0.3 is 5.97 Å². The third-order valence-electron chi connectivity index (χ3n) is 3.77. The summed E-state index contributed by atoms with van der Waals surface area (Å²) in [5, 5.41) is 2.71. The van der Waals surface area contributed by atoms with E-state index in [-0.39, 0.29) is 18.1 Å². The molecule has 2 heterocycles. The van der Waals surface area contributed by atoms with Crippen LogP contribution in [0.15, 0.2) is 45.7 Å². The zero-order valence-electron chi connectivity index (χ0n) is 15.0. The van der Waals surface area contributed by atoms with Gasteiger partial charge < -0.3 is 14.6 Å². The van der Waals surface area contributed by atoms with Gasteiger partial charge in [0.1, 0.15) is 12.4 Å². The van der Waals surface area contributed by atoms with Crippen molar-refractivity contribution in [1.29, 1.82) is 0 Å². The summed E-state index contributed by atoms with van der Waals surface area (Å²) >= 11 is 0. The average Bonchev–Trinajstić information content (AvgIpc) is 3.01. The Bertz CT molecular complexity index is 1050. The predicted octanol–water partition coefficient (Wildman–Crippen LogP) is 2.69. The second kappa shape index (κ2) is 7.86. The molecule has 1 aromatic carbocycles. The molecule has 27 heavy (non-hydrogen) atoms. The topological polar surface area (TPSA) is 103 Å². The van der Waals surface area contributed by atoms with Crippen molar-refractivity contribution in [2.24, 2.45) is 0 Å². The summed E-state index contributed by atoms with van der Waals surface area (Å²) in [5.74, 6) is -0.244. The van der Waals surface area contributed by atoms with Crippen LogP contribution in [-0.4, -0.2) is 21.4 Å². The number of amides is 1. The maximum Gasteiger partial charge on any atom is 0.340 e. The minimum atomic E-state index is -0.618. The summed E-state index contributed by atoms with van der Waals surface area (Å²) in [7, 11) is 0. The van der Waals surface area contributed by atoms with E-state index in [1.165, 1.54) is 6.07 Å². The zero-order valence-corrected chi connectivity index (χ0v) is 15.0. The fourth-order valence-corrected chi connectivity index (χ4v) is 2.57. The van der Waals surface area contributed by atoms with Crippen LogP contribution < -0.4 is 10.9 Å². The fourth-order valence-electron chi connectivity index (χ4n) is 2.57.